The number of anilines is 2. The van der Waals surface area contributed by atoms with Crippen LogP contribution in [0.2, 0.25) is 0 Å². The summed E-state index contributed by atoms with van der Waals surface area (Å²) >= 11 is 0. The van der Waals surface area contributed by atoms with Gasteiger partial charge in [-0.15, -0.1) is 0 Å². The zero-order valence-electron chi connectivity index (χ0n) is 11.6. The minimum Gasteiger partial charge on any atom is -0.355 e. The summed E-state index contributed by atoms with van der Waals surface area (Å²) in [4.78, 5) is 22.7. The summed E-state index contributed by atoms with van der Waals surface area (Å²) in [5.41, 5.74) is 7.00. The first-order valence-electron chi connectivity index (χ1n) is 6.91. The molecule has 3 rings (SSSR count). The Balaban J connectivity index is 1.75. The molecule has 6 nitrogen and oxygen atoms in total. The van der Waals surface area contributed by atoms with E-state index >= 15 is 0 Å². The van der Waals surface area contributed by atoms with Gasteiger partial charge < -0.3 is 16.0 Å². The van der Waals surface area contributed by atoms with E-state index in [9.17, 15) is 4.79 Å². The molecule has 0 bridgehead atoms. The van der Waals surface area contributed by atoms with Gasteiger partial charge in [0.05, 0.1) is 0 Å². The maximum atomic E-state index is 12.2. The first-order chi connectivity index (χ1) is 10.2. The van der Waals surface area contributed by atoms with E-state index in [1.807, 2.05) is 12.1 Å². The lowest BCUT2D eigenvalue weighted by Gasteiger charge is -2.17. The summed E-state index contributed by atoms with van der Waals surface area (Å²) in [7, 11) is 0. The molecule has 1 atom stereocenters. The lowest BCUT2D eigenvalue weighted by molar-refractivity contribution is 0.102. The van der Waals surface area contributed by atoms with Gasteiger partial charge in [-0.1, -0.05) is 6.07 Å². The molecule has 21 heavy (non-hydrogen) atoms. The van der Waals surface area contributed by atoms with Crippen molar-refractivity contribution in [2.24, 2.45) is 5.73 Å². The number of hydrogen-bond acceptors (Lipinski definition) is 5. The van der Waals surface area contributed by atoms with E-state index in [0.29, 0.717) is 11.4 Å². The van der Waals surface area contributed by atoms with E-state index in [1.54, 1.807) is 30.6 Å². The summed E-state index contributed by atoms with van der Waals surface area (Å²) in [6.45, 7) is 1.66. The molecule has 0 unspecified atom stereocenters. The third kappa shape index (κ3) is 3.17. The number of nitrogens with zero attached hydrogens (tertiary/aromatic N) is 3. The van der Waals surface area contributed by atoms with Gasteiger partial charge in [-0.25, -0.2) is 4.98 Å². The lowest BCUT2D eigenvalue weighted by Crippen LogP contribution is -2.27. The van der Waals surface area contributed by atoms with Gasteiger partial charge >= 0.3 is 0 Å². The first-order valence-corrected chi connectivity index (χ1v) is 6.91. The van der Waals surface area contributed by atoms with Crippen LogP contribution in [0.3, 0.4) is 0 Å². The van der Waals surface area contributed by atoms with E-state index in [1.165, 1.54) is 0 Å². The normalized spacial score (nSPS) is 17.8. The van der Waals surface area contributed by atoms with Gasteiger partial charge in [0.15, 0.2) is 0 Å². The topological polar surface area (TPSA) is 84.1 Å². The van der Waals surface area contributed by atoms with Crippen LogP contribution in [-0.4, -0.2) is 35.0 Å². The van der Waals surface area contributed by atoms with Gasteiger partial charge in [0.1, 0.15) is 11.5 Å². The molecule has 2 aromatic heterocycles. The molecule has 1 amide bonds. The van der Waals surface area contributed by atoms with Crippen LogP contribution in [0.4, 0.5) is 11.5 Å². The van der Waals surface area contributed by atoms with Crippen molar-refractivity contribution in [1.82, 2.24) is 9.97 Å². The molecule has 0 radical (unpaired) electrons. The van der Waals surface area contributed by atoms with Gasteiger partial charge in [0, 0.05) is 37.2 Å². The van der Waals surface area contributed by atoms with E-state index in [4.69, 9.17) is 5.73 Å². The highest BCUT2D eigenvalue weighted by Gasteiger charge is 2.21. The minimum atomic E-state index is -0.230. The number of carbonyl (C=O) groups excluding carboxylic acids is 1. The van der Waals surface area contributed by atoms with Crippen molar-refractivity contribution in [2.75, 3.05) is 23.3 Å². The van der Waals surface area contributed by atoms with Crippen molar-refractivity contribution in [3.8, 4) is 0 Å². The Bertz CT molecular complexity index is 631. The Hall–Kier alpha value is -2.47. The first kappa shape index (κ1) is 13.5. The highest BCUT2D eigenvalue weighted by Crippen LogP contribution is 2.18. The fraction of sp³-hybridized carbons (Fsp3) is 0.267. The van der Waals surface area contributed by atoms with Gasteiger partial charge in [0.2, 0.25) is 0 Å². The molecule has 108 valence electrons. The average molecular weight is 283 g/mol. The van der Waals surface area contributed by atoms with Crippen LogP contribution in [0.25, 0.3) is 0 Å². The monoisotopic (exact) mass is 283 g/mol. The largest absolute Gasteiger partial charge is 0.355 e. The Morgan fingerprint density at radius 2 is 2.10 bits per heavy atom. The number of hydrogen-bond donors (Lipinski definition) is 2. The molecule has 1 fully saturated rings. The molecule has 0 aromatic carbocycles. The summed E-state index contributed by atoms with van der Waals surface area (Å²) in [6.07, 6.45) is 4.21. The predicted octanol–water partition coefficient (Wildman–Crippen LogP) is 1.27. The fourth-order valence-corrected chi connectivity index (χ4v) is 2.35. The van der Waals surface area contributed by atoms with Gasteiger partial charge in [-0.3, -0.25) is 9.78 Å². The van der Waals surface area contributed by atoms with E-state index in [0.717, 1.165) is 25.3 Å². The van der Waals surface area contributed by atoms with Crippen LogP contribution in [0, 0.1) is 0 Å². The highest BCUT2D eigenvalue weighted by atomic mass is 16.1. The zero-order chi connectivity index (χ0) is 14.7. The second-order valence-corrected chi connectivity index (χ2v) is 5.07. The van der Waals surface area contributed by atoms with Crippen molar-refractivity contribution in [1.29, 1.82) is 0 Å². The number of pyridine rings is 2. The van der Waals surface area contributed by atoms with E-state index < -0.39 is 0 Å². The molecule has 3 heterocycles. The fourth-order valence-electron chi connectivity index (χ4n) is 2.35. The van der Waals surface area contributed by atoms with E-state index in [2.05, 4.69) is 20.2 Å². The van der Waals surface area contributed by atoms with Crippen LogP contribution in [0.1, 0.15) is 16.9 Å². The third-order valence-corrected chi connectivity index (χ3v) is 3.45. The van der Waals surface area contributed by atoms with Crippen molar-refractivity contribution >= 4 is 17.4 Å². The van der Waals surface area contributed by atoms with Crippen LogP contribution in [0.5, 0.6) is 0 Å². The molecule has 1 aliphatic heterocycles. The molecule has 1 aliphatic rings. The Morgan fingerprint density at radius 1 is 1.29 bits per heavy atom. The predicted molar refractivity (Wildman–Crippen MR) is 81.2 cm³/mol. The molecule has 0 aliphatic carbocycles. The molecule has 0 spiro atoms. The minimum absolute atomic E-state index is 0.182. The zero-order valence-corrected chi connectivity index (χ0v) is 11.6. The molecular formula is C15H17N5O. The van der Waals surface area contributed by atoms with Crippen molar-refractivity contribution in [2.45, 2.75) is 12.5 Å². The number of rotatable bonds is 3. The number of amides is 1. The number of nitrogens with one attached hydrogen (secondary N) is 1. The third-order valence-electron chi connectivity index (χ3n) is 3.45. The lowest BCUT2D eigenvalue weighted by atomic mass is 10.3. The Kier molecular flexibility index (Phi) is 3.79. The van der Waals surface area contributed by atoms with Gasteiger partial charge in [-0.2, -0.15) is 0 Å². The highest BCUT2D eigenvalue weighted by molar-refractivity contribution is 6.03. The van der Waals surface area contributed by atoms with Gasteiger partial charge in [0.25, 0.3) is 5.91 Å². The standard InChI is InChI=1S/C15H17N5O/c16-11-6-9-20(10-11)14-3-1-2-13(19-14)15(21)18-12-4-7-17-8-5-12/h1-5,7-8,11H,6,9-10,16H2,(H,17,18,21)/t11-/m1/s1. The molecule has 3 N–H and O–H groups in total. The maximum absolute atomic E-state index is 12.2. The molecule has 0 saturated carbocycles. The second kappa shape index (κ2) is 5.88. The summed E-state index contributed by atoms with van der Waals surface area (Å²) in [6, 6.07) is 9.11. The summed E-state index contributed by atoms with van der Waals surface area (Å²) < 4.78 is 0. The van der Waals surface area contributed by atoms with Crippen LogP contribution in [0.15, 0.2) is 42.7 Å². The SMILES string of the molecule is N[C@@H]1CCN(c2cccc(C(=O)Nc3ccncc3)n2)C1. The molecule has 2 aromatic rings. The maximum Gasteiger partial charge on any atom is 0.274 e. The number of aromatic nitrogens is 2. The number of nitrogens with two attached hydrogens (primary N) is 1. The van der Waals surface area contributed by atoms with Crippen molar-refractivity contribution in [3.05, 3.63) is 48.4 Å². The van der Waals surface area contributed by atoms with Crippen LogP contribution < -0.4 is 16.0 Å². The van der Waals surface area contributed by atoms with Crippen molar-refractivity contribution in [3.63, 3.8) is 0 Å². The van der Waals surface area contributed by atoms with Crippen LogP contribution in [-0.2, 0) is 0 Å². The quantitative estimate of drug-likeness (QED) is 0.886. The van der Waals surface area contributed by atoms with Crippen LogP contribution >= 0.6 is 0 Å². The Labute approximate surface area is 123 Å². The number of carbonyl (C=O) groups is 1. The molecular weight excluding hydrogens is 266 g/mol. The summed E-state index contributed by atoms with van der Waals surface area (Å²) in [5.74, 6) is 0.567. The molecule has 1 saturated heterocycles. The smallest absolute Gasteiger partial charge is 0.274 e. The van der Waals surface area contributed by atoms with Crippen molar-refractivity contribution < 1.29 is 4.79 Å². The van der Waals surface area contributed by atoms with Gasteiger partial charge in [-0.05, 0) is 30.7 Å². The second-order valence-electron chi connectivity index (χ2n) is 5.07. The molecule has 6 heteroatoms. The average Bonchev–Trinajstić information content (AvgIpc) is 2.95. The van der Waals surface area contributed by atoms with E-state index in [-0.39, 0.29) is 11.9 Å². The summed E-state index contributed by atoms with van der Waals surface area (Å²) in [5, 5.41) is 2.80. The Morgan fingerprint density at radius 3 is 2.81 bits per heavy atom.